The molecule has 4 nitrogen and oxygen atoms in total. The maximum atomic E-state index is 9.84. The molecule has 0 amide bonds. The number of nitrogens with zero attached hydrogens (tertiary/aromatic N) is 1. The number of benzene rings is 1. The van der Waals surface area contributed by atoms with Crippen molar-refractivity contribution in [2.45, 2.75) is 26.4 Å². The highest BCUT2D eigenvalue weighted by molar-refractivity contribution is 5.20. The monoisotopic (exact) mass is 280 g/mol. The molecule has 1 unspecified atom stereocenters. The summed E-state index contributed by atoms with van der Waals surface area (Å²) in [6, 6.07) is 9.58. The van der Waals surface area contributed by atoms with Gasteiger partial charge in [-0.25, -0.2) is 0 Å². The summed E-state index contributed by atoms with van der Waals surface area (Å²) in [5.74, 6) is 0.798. The van der Waals surface area contributed by atoms with Crippen molar-refractivity contribution in [1.82, 2.24) is 10.2 Å². The fraction of sp³-hybridized carbons (Fsp3) is 0.625. The fourth-order valence-corrected chi connectivity index (χ4v) is 2.02. The molecule has 0 saturated carbocycles. The Bertz CT molecular complexity index is 333. The number of likely N-dealkylation sites (N-methyl/N-ethyl adjacent to an activating group) is 1. The third-order valence-corrected chi connectivity index (χ3v) is 3.16. The first-order chi connectivity index (χ1) is 9.76. The molecule has 0 aromatic heterocycles. The third kappa shape index (κ3) is 7.48. The van der Waals surface area contributed by atoms with E-state index in [4.69, 9.17) is 4.74 Å². The number of para-hydroxylation sites is 1. The summed E-state index contributed by atoms with van der Waals surface area (Å²) in [7, 11) is 0. The van der Waals surface area contributed by atoms with Crippen molar-refractivity contribution < 1.29 is 9.84 Å². The highest BCUT2D eigenvalue weighted by Crippen LogP contribution is 2.08. The zero-order chi connectivity index (χ0) is 14.6. The fourth-order valence-electron chi connectivity index (χ4n) is 2.02. The highest BCUT2D eigenvalue weighted by Gasteiger charge is 2.05. The lowest BCUT2D eigenvalue weighted by Gasteiger charge is -2.20. The molecular weight excluding hydrogens is 252 g/mol. The van der Waals surface area contributed by atoms with Crippen LogP contribution in [-0.2, 0) is 0 Å². The van der Waals surface area contributed by atoms with E-state index in [-0.39, 0.29) is 0 Å². The van der Waals surface area contributed by atoms with Gasteiger partial charge in [-0.2, -0.15) is 0 Å². The second kappa shape index (κ2) is 10.7. The van der Waals surface area contributed by atoms with Crippen LogP contribution in [0.2, 0.25) is 0 Å². The lowest BCUT2D eigenvalue weighted by atomic mass is 10.3. The second-order valence-corrected chi connectivity index (χ2v) is 4.92. The Morgan fingerprint density at radius 2 is 1.95 bits per heavy atom. The summed E-state index contributed by atoms with van der Waals surface area (Å²) >= 11 is 0. The van der Waals surface area contributed by atoms with E-state index in [2.05, 4.69) is 24.1 Å². The first kappa shape index (κ1) is 17.0. The van der Waals surface area contributed by atoms with E-state index in [0.29, 0.717) is 13.2 Å². The van der Waals surface area contributed by atoms with Crippen molar-refractivity contribution in [3.63, 3.8) is 0 Å². The Balaban J connectivity index is 2.06. The van der Waals surface area contributed by atoms with Gasteiger partial charge < -0.3 is 20.1 Å². The molecule has 1 aromatic carbocycles. The molecule has 1 atom stereocenters. The SMILES string of the molecule is CCCN(CC)CCNCC(O)COc1ccccc1. The van der Waals surface area contributed by atoms with Gasteiger partial charge in [0.25, 0.3) is 0 Å². The van der Waals surface area contributed by atoms with Crippen molar-refractivity contribution >= 4 is 0 Å². The van der Waals surface area contributed by atoms with Crippen molar-refractivity contribution in [3.8, 4) is 5.75 Å². The first-order valence-corrected chi connectivity index (χ1v) is 7.55. The van der Waals surface area contributed by atoms with Gasteiger partial charge in [0.2, 0.25) is 0 Å². The van der Waals surface area contributed by atoms with E-state index in [1.807, 2.05) is 30.3 Å². The van der Waals surface area contributed by atoms with Gasteiger partial charge in [-0.15, -0.1) is 0 Å². The van der Waals surface area contributed by atoms with Crippen LogP contribution in [0, 0.1) is 0 Å². The van der Waals surface area contributed by atoms with Crippen LogP contribution in [0.1, 0.15) is 20.3 Å². The Hall–Kier alpha value is -1.10. The minimum absolute atomic E-state index is 0.323. The van der Waals surface area contributed by atoms with Gasteiger partial charge in [0.1, 0.15) is 18.5 Å². The zero-order valence-electron chi connectivity index (χ0n) is 12.7. The van der Waals surface area contributed by atoms with Gasteiger partial charge in [-0.1, -0.05) is 32.0 Å². The molecule has 0 fully saturated rings. The number of hydrogen-bond donors (Lipinski definition) is 2. The van der Waals surface area contributed by atoms with Gasteiger partial charge in [-0.3, -0.25) is 0 Å². The molecule has 0 radical (unpaired) electrons. The molecule has 0 aliphatic heterocycles. The summed E-state index contributed by atoms with van der Waals surface area (Å²) in [6.07, 6.45) is 0.706. The zero-order valence-corrected chi connectivity index (χ0v) is 12.7. The second-order valence-electron chi connectivity index (χ2n) is 4.92. The number of aliphatic hydroxyl groups excluding tert-OH is 1. The van der Waals surface area contributed by atoms with E-state index >= 15 is 0 Å². The molecule has 1 aromatic rings. The van der Waals surface area contributed by atoms with Crippen molar-refractivity contribution in [2.24, 2.45) is 0 Å². The maximum absolute atomic E-state index is 9.84. The van der Waals surface area contributed by atoms with Crippen LogP contribution >= 0.6 is 0 Å². The standard InChI is InChI=1S/C16H28N2O2/c1-3-11-18(4-2)12-10-17-13-15(19)14-20-16-8-6-5-7-9-16/h5-9,15,17,19H,3-4,10-14H2,1-2H3. The molecular formula is C16H28N2O2. The summed E-state index contributed by atoms with van der Waals surface area (Å²) in [6.45, 7) is 9.40. The average Bonchev–Trinajstić information content (AvgIpc) is 2.49. The van der Waals surface area contributed by atoms with Gasteiger partial charge in [0.05, 0.1) is 0 Å². The van der Waals surface area contributed by atoms with Crippen molar-refractivity contribution in [1.29, 1.82) is 0 Å². The predicted octanol–water partition coefficient (Wildman–Crippen LogP) is 1.75. The van der Waals surface area contributed by atoms with Gasteiger partial charge in [0.15, 0.2) is 0 Å². The van der Waals surface area contributed by atoms with E-state index in [1.54, 1.807) is 0 Å². The Labute approximate surface area is 122 Å². The lowest BCUT2D eigenvalue weighted by Crippen LogP contribution is -2.37. The Morgan fingerprint density at radius 1 is 1.20 bits per heavy atom. The molecule has 1 rings (SSSR count). The van der Waals surface area contributed by atoms with E-state index in [1.165, 1.54) is 6.42 Å². The third-order valence-electron chi connectivity index (χ3n) is 3.16. The van der Waals surface area contributed by atoms with Crippen LogP contribution in [0.4, 0.5) is 0 Å². The summed E-state index contributed by atoms with van der Waals surface area (Å²) < 4.78 is 5.51. The lowest BCUT2D eigenvalue weighted by molar-refractivity contribution is 0.105. The molecule has 4 heteroatoms. The molecule has 0 aliphatic rings. The summed E-state index contributed by atoms with van der Waals surface area (Å²) in [5, 5.41) is 13.1. The number of ether oxygens (including phenoxy) is 1. The average molecular weight is 280 g/mol. The topological polar surface area (TPSA) is 44.7 Å². The minimum atomic E-state index is -0.476. The predicted molar refractivity (Wildman–Crippen MR) is 83.2 cm³/mol. The van der Waals surface area contributed by atoms with Crippen molar-refractivity contribution in [3.05, 3.63) is 30.3 Å². The van der Waals surface area contributed by atoms with E-state index in [0.717, 1.165) is 31.9 Å². The van der Waals surface area contributed by atoms with Crippen LogP contribution in [0.3, 0.4) is 0 Å². The highest BCUT2D eigenvalue weighted by atomic mass is 16.5. The minimum Gasteiger partial charge on any atom is -0.491 e. The molecule has 114 valence electrons. The van der Waals surface area contributed by atoms with Gasteiger partial charge in [-0.05, 0) is 31.6 Å². The van der Waals surface area contributed by atoms with E-state index in [9.17, 15) is 5.11 Å². The van der Waals surface area contributed by atoms with Crippen LogP contribution < -0.4 is 10.1 Å². The van der Waals surface area contributed by atoms with Crippen LogP contribution in [0.25, 0.3) is 0 Å². The molecule has 2 N–H and O–H groups in total. The van der Waals surface area contributed by atoms with Crippen LogP contribution in [0.15, 0.2) is 30.3 Å². The maximum Gasteiger partial charge on any atom is 0.119 e. The summed E-state index contributed by atoms with van der Waals surface area (Å²) in [4.78, 5) is 2.40. The molecule has 0 saturated heterocycles. The molecule has 0 spiro atoms. The van der Waals surface area contributed by atoms with Crippen molar-refractivity contribution in [2.75, 3.05) is 39.3 Å². The number of hydrogen-bond acceptors (Lipinski definition) is 4. The van der Waals surface area contributed by atoms with Crippen LogP contribution in [0.5, 0.6) is 5.75 Å². The number of rotatable bonds is 11. The van der Waals surface area contributed by atoms with E-state index < -0.39 is 6.10 Å². The summed E-state index contributed by atoms with van der Waals surface area (Å²) in [5.41, 5.74) is 0. The first-order valence-electron chi connectivity index (χ1n) is 7.55. The molecule has 20 heavy (non-hydrogen) atoms. The smallest absolute Gasteiger partial charge is 0.119 e. The van der Waals surface area contributed by atoms with Crippen LogP contribution in [-0.4, -0.2) is 55.4 Å². The van der Waals surface area contributed by atoms with Gasteiger partial charge in [0, 0.05) is 19.6 Å². The molecule has 0 bridgehead atoms. The number of aliphatic hydroxyl groups is 1. The normalized spacial score (nSPS) is 12.6. The largest absolute Gasteiger partial charge is 0.491 e. The molecule has 0 aliphatic carbocycles. The van der Waals surface area contributed by atoms with Gasteiger partial charge >= 0.3 is 0 Å². The Morgan fingerprint density at radius 3 is 2.60 bits per heavy atom. The quantitative estimate of drug-likeness (QED) is 0.606. The molecule has 0 heterocycles. The Kier molecular flexibility index (Phi) is 9.04. The number of nitrogens with one attached hydrogen (secondary N) is 1.